The van der Waals surface area contributed by atoms with E-state index in [1.807, 2.05) is 0 Å². The molecule has 0 rings (SSSR count). The molecule has 0 spiro atoms. The van der Waals surface area contributed by atoms with Crippen molar-refractivity contribution in [1.82, 2.24) is 0 Å². The summed E-state index contributed by atoms with van der Waals surface area (Å²) in [5.74, 6) is 0. The van der Waals surface area contributed by atoms with Crippen molar-refractivity contribution in [2.24, 2.45) is 0 Å². The second-order valence-corrected chi connectivity index (χ2v) is 0. The molecule has 0 saturated carbocycles. The molecule has 4 heavy (non-hydrogen) atoms. The van der Waals surface area contributed by atoms with Gasteiger partial charge in [-0.2, -0.15) is 0 Å². The van der Waals surface area contributed by atoms with Gasteiger partial charge in [-0.1, -0.05) is 0 Å². The van der Waals surface area contributed by atoms with Gasteiger partial charge in [0, 0.05) is 49.4 Å². The predicted molar refractivity (Wildman–Crippen MR) is 25.9 cm³/mol. The van der Waals surface area contributed by atoms with Crippen LogP contribution in [0.3, 0.4) is 0 Å². The van der Waals surface area contributed by atoms with Crippen molar-refractivity contribution in [3.05, 3.63) is 0 Å². The SMILES string of the molecule is [AlH3].[Ca+2].[Eu].[H-].[H-].[H-].[H-].[Sr+2]. The Morgan fingerprint density at radius 1 is 1.25 bits per heavy atom. The number of hydrogen-bond donors (Lipinski definition) is 0. The first-order chi connectivity index (χ1) is 0. The topological polar surface area (TPSA) is 0 Å². The van der Waals surface area contributed by atoms with Crippen molar-refractivity contribution < 1.29 is 55.1 Å². The smallest absolute Gasteiger partial charge is 1.00 e. The molecule has 0 fully saturated rings. The Morgan fingerprint density at radius 2 is 1.25 bits per heavy atom. The van der Waals surface area contributed by atoms with E-state index in [1.54, 1.807) is 0 Å². The number of hydrogen-bond acceptors (Lipinski definition) is 0. The molecule has 0 amide bonds. The maximum atomic E-state index is 0. The van der Waals surface area contributed by atoms with Gasteiger partial charge in [-0.3, -0.25) is 0 Å². The molecule has 0 N–H and O–H groups in total. The van der Waals surface area contributed by atoms with Crippen LogP contribution in [0.4, 0.5) is 0 Å². The normalized spacial score (nSPS) is 0. The largest absolute Gasteiger partial charge is 2.00 e. The van der Waals surface area contributed by atoms with Crippen molar-refractivity contribution in [1.29, 1.82) is 0 Å². The van der Waals surface area contributed by atoms with Gasteiger partial charge in [0.1, 0.15) is 0 Å². The Hall–Kier alpha value is 4.86. The van der Waals surface area contributed by atoms with Crippen molar-refractivity contribution in [3.8, 4) is 0 Å². The van der Waals surface area contributed by atoms with E-state index < -0.39 is 0 Å². The van der Waals surface area contributed by atoms with E-state index in [1.165, 1.54) is 0 Å². The van der Waals surface area contributed by atoms with Crippen LogP contribution in [0.2, 0.25) is 0 Å². The van der Waals surface area contributed by atoms with Crippen LogP contribution in [-0.4, -0.2) is 101 Å². The third kappa shape index (κ3) is 9.97. The zero-order chi connectivity index (χ0) is 0. The molecule has 21 valence electrons. The molecule has 0 aromatic carbocycles. The summed E-state index contributed by atoms with van der Waals surface area (Å²) in [6.45, 7) is 0. The Bertz CT molecular complexity index is 16.0. The van der Waals surface area contributed by atoms with Crippen LogP contribution < -0.4 is 0 Å². The van der Waals surface area contributed by atoms with Crippen LogP contribution in [0.25, 0.3) is 0 Å². The zero-order valence-electron chi connectivity index (χ0n) is 5.79. The van der Waals surface area contributed by atoms with E-state index >= 15 is 0 Å². The summed E-state index contributed by atoms with van der Waals surface area (Å²) in [5.41, 5.74) is 0. The van der Waals surface area contributed by atoms with Crippen LogP contribution in [0.1, 0.15) is 5.71 Å². The van der Waals surface area contributed by atoms with Crippen molar-refractivity contribution in [2.75, 3.05) is 0 Å². The van der Waals surface area contributed by atoms with Crippen molar-refractivity contribution >= 4 is 101 Å². The third-order valence-electron chi connectivity index (χ3n) is 0. The minimum absolute atomic E-state index is 0. The zero-order valence-corrected chi connectivity index (χ0v) is 9.90. The molecule has 4 heteroatoms. The molecule has 0 aromatic heterocycles. The van der Waals surface area contributed by atoms with Crippen LogP contribution in [0, 0.1) is 49.4 Å². The van der Waals surface area contributed by atoms with Gasteiger partial charge in [-0.15, -0.1) is 0 Å². The summed E-state index contributed by atoms with van der Waals surface area (Å²) in [7, 11) is 0. The van der Waals surface area contributed by atoms with Crippen molar-refractivity contribution in [3.63, 3.8) is 0 Å². The molecule has 0 nitrogen and oxygen atoms in total. The molecule has 1 radical (unpaired) electrons. The Labute approximate surface area is 151 Å². The first-order valence-electron chi connectivity index (χ1n) is 0. The average Bonchev–Trinajstić information content (AvgIpc) is 0. The quantitative estimate of drug-likeness (QED) is 0.478. The van der Waals surface area contributed by atoms with Gasteiger partial charge in [0.2, 0.25) is 0 Å². The summed E-state index contributed by atoms with van der Waals surface area (Å²) in [4.78, 5) is 0. The summed E-state index contributed by atoms with van der Waals surface area (Å²) < 4.78 is 0. The first kappa shape index (κ1) is 23.2. The van der Waals surface area contributed by atoms with Gasteiger partial charge >= 0.3 is 83.2 Å². The van der Waals surface area contributed by atoms with Gasteiger partial charge in [0.25, 0.3) is 0 Å². The monoisotopic (exact) mass is 315 g/mol. The standard InChI is InChI=1S/Al.Ca.Eu.Sr.7H/q;+2;;+2;;;;4*-1. The van der Waals surface area contributed by atoms with Gasteiger partial charge in [-0.05, 0) is 0 Å². The van der Waals surface area contributed by atoms with E-state index in [0.717, 1.165) is 0 Å². The fourth-order valence-corrected chi connectivity index (χ4v) is 0. The summed E-state index contributed by atoms with van der Waals surface area (Å²) >= 11 is 0. The van der Waals surface area contributed by atoms with Gasteiger partial charge in [-0.25, -0.2) is 0 Å². The van der Waals surface area contributed by atoms with Gasteiger partial charge in [0.05, 0.1) is 0 Å². The van der Waals surface area contributed by atoms with E-state index in [2.05, 4.69) is 0 Å². The van der Waals surface area contributed by atoms with E-state index in [-0.39, 0.29) is 156 Å². The average molecular weight is 314 g/mol. The molecule has 0 atom stereocenters. The minimum atomic E-state index is 0. The Balaban J connectivity index is 0. The van der Waals surface area contributed by atoms with Crippen LogP contribution in [0.5, 0.6) is 0 Å². The molecular weight excluding hydrogens is 307 g/mol. The minimum Gasteiger partial charge on any atom is -1.00 e. The molecule has 0 bridgehead atoms. The second kappa shape index (κ2) is 15.7. The molecule has 0 saturated heterocycles. The maximum Gasteiger partial charge on any atom is 2.00 e. The molecule has 0 aromatic rings. The van der Waals surface area contributed by atoms with E-state index in [9.17, 15) is 0 Å². The molecular formula is H7AlCaEuSr. The second-order valence-electron chi connectivity index (χ2n) is 0. The van der Waals surface area contributed by atoms with Crippen LogP contribution in [0.15, 0.2) is 0 Å². The summed E-state index contributed by atoms with van der Waals surface area (Å²) in [5, 5.41) is 0. The predicted octanol–water partition coefficient (Wildman–Crippen LogP) is -1.50. The molecule has 0 aliphatic carbocycles. The summed E-state index contributed by atoms with van der Waals surface area (Å²) in [6, 6.07) is 0. The maximum absolute atomic E-state index is 0. The fraction of sp³-hybridized carbons (Fsp3) is 0. The van der Waals surface area contributed by atoms with E-state index in [4.69, 9.17) is 0 Å². The van der Waals surface area contributed by atoms with Crippen molar-refractivity contribution in [2.45, 2.75) is 0 Å². The molecule has 0 aliphatic heterocycles. The molecule has 0 unspecified atom stereocenters. The third-order valence-corrected chi connectivity index (χ3v) is 0. The van der Waals surface area contributed by atoms with Crippen LogP contribution >= 0.6 is 0 Å². The van der Waals surface area contributed by atoms with Crippen LogP contribution in [-0.2, 0) is 0 Å². The molecule has 0 heterocycles. The Kier molecular flexibility index (Phi) is 90.7. The van der Waals surface area contributed by atoms with Gasteiger partial charge < -0.3 is 5.71 Å². The molecule has 0 aliphatic rings. The van der Waals surface area contributed by atoms with E-state index in [0.29, 0.717) is 0 Å². The fourth-order valence-electron chi connectivity index (χ4n) is 0. The summed E-state index contributed by atoms with van der Waals surface area (Å²) in [6.07, 6.45) is 0. The first-order valence-corrected chi connectivity index (χ1v) is 0. The Morgan fingerprint density at radius 3 is 1.25 bits per heavy atom. The number of rotatable bonds is 0. The van der Waals surface area contributed by atoms with Gasteiger partial charge in [0.15, 0.2) is 17.4 Å².